The molecule has 0 aliphatic carbocycles. The Balaban J connectivity index is 1.36. The van der Waals surface area contributed by atoms with Gasteiger partial charge in [0.05, 0.1) is 18.1 Å². The van der Waals surface area contributed by atoms with Crippen molar-refractivity contribution < 1.29 is 14.3 Å². The first kappa shape index (κ1) is 23.0. The highest BCUT2D eigenvalue weighted by Crippen LogP contribution is 2.17. The second kappa shape index (κ2) is 11.1. The van der Waals surface area contributed by atoms with Crippen LogP contribution in [0.2, 0.25) is 0 Å². The SMILES string of the molecule is COc1ccc(CNC(=O)Cn2c(CCCNC(=O)c3ccccc3)nc3ccccc32)cc1. The average molecular weight is 457 g/mol. The fraction of sp³-hybridized carbons (Fsp3) is 0.222. The molecule has 34 heavy (non-hydrogen) atoms. The van der Waals surface area contributed by atoms with Crippen LogP contribution in [0.5, 0.6) is 5.75 Å². The van der Waals surface area contributed by atoms with Crippen LogP contribution in [0.15, 0.2) is 78.9 Å². The summed E-state index contributed by atoms with van der Waals surface area (Å²) < 4.78 is 7.13. The van der Waals surface area contributed by atoms with E-state index in [0.717, 1.165) is 34.6 Å². The maximum atomic E-state index is 12.7. The van der Waals surface area contributed by atoms with Crippen LogP contribution < -0.4 is 15.4 Å². The predicted octanol–water partition coefficient (Wildman–Crippen LogP) is 3.72. The zero-order chi connectivity index (χ0) is 23.8. The van der Waals surface area contributed by atoms with Crippen molar-refractivity contribution in [3.05, 3.63) is 95.8 Å². The number of aromatic nitrogens is 2. The summed E-state index contributed by atoms with van der Waals surface area (Å²) in [5.74, 6) is 1.43. The lowest BCUT2D eigenvalue weighted by Crippen LogP contribution is -2.28. The number of nitrogens with zero attached hydrogens (tertiary/aromatic N) is 2. The van der Waals surface area contributed by atoms with E-state index in [1.165, 1.54) is 0 Å². The number of aryl methyl sites for hydroxylation is 1. The van der Waals surface area contributed by atoms with Gasteiger partial charge >= 0.3 is 0 Å². The number of methoxy groups -OCH3 is 1. The van der Waals surface area contributed by atoms with Gasteiger partial charge in [0.25, 0.3) is 5.91 Å². The first-order valence-corrected chi connectivity index (χ1v) is 11.3. The van der Waals surface area contributed by atoms with Crippen LogP contribution in [0.1, 0.15) is 28.2 Å². The lowest BCUT2D eigenvalue weighted by Gasteiger charge is -2.11. The lowest BCUT2D eigenvalue weighted by atomic mass is 10.2. The Kier molecular flexibility index (Phi) is 7.55. The standard InChI is InChI=1S/C27H28N4O3/c1-34-22-15-13-20(14-16-22)18-29-26(32)19-31-24-11-6-5-10-23(24)30-25(31)12-7-17-28-27(33)21-8-3-2-4-9-21/h2-6,8-11,13-16H,7,12,17-19H2,1H3,(H,28,33)(H,29,32). The van der Waals surface area contributed by atoms with Crippen molar-refractivity contribution in [1.82, 2.24) is 20.2 Å². The van der Waals surface area contributed by atoms with Crippen molar-refractivity contribution in [2.45, 2.75) is 25.9 Å². The molecule has 4 rings (SSSR count). The van der Waals surface area contributed by atoms with E-state index in [-0.39, 0.29) is 18.4 Å². The number of imidazole rings is 1. The topological polar surface area (TPSA) is 85.2 Å². The molecule has 0 saturated carbocycles. The van der Waals surface area contributed by atoms with Crippen molar-refractivity contribution >= 4 is 22.8 Å². The summed E-state index contributed by atoms with van der Waals surface area (Å²) in [5, 5.41) is 5.93. The summed E-state index contributed by atoms with van der Waals surface area (Å²) in [4.78, 5) is 29.7. The van der Waals surface area contributed by atoms with E-state index >= 15 is 0 Å². The van der Waals surface area contributed by atoms with Crippen LogP contribution in [0.4, 0.5) is 0 Å². The van der Waals surface area contributed by atoms with Gasteiger partial charge in [-0.1, -0.05) is 42.5 Å². The maximum absolute atomic E-state index is 12.7. The smallest absolute Gasteiger partial charge is 0.251 e. The van der Waals surface area contributed by atoms with Crippen molar-refractivity contribution in [2.24, 2.45) is 0 Å². The number of nitrogens with one attached hydrogen (secondary N) is 2. The van der Waals surface area contributed by atoms with Gasteiger partial charge in [0, 0.05) is 25.1 Å². The molecule has 0 aliphatic heterocycles. The van der Waals surface area contributed by atoms with Gasteiger partial charge in [-0.15, -0.1) is 0 Å². The van der Waals surface area contributed by atoms with Crippen molar-refractivity contribution in [3.8, 4) is 5.75 Å². The molecular weight excluding hydrogens is 428 g/mol. The average Bonchev–Trinajstić information content (AvgIpc) is 3.23. The third-order valence-electron chi connectivity index (χ3n) is 5.58. The first-order valence-electron chi connectivity index (χ1n) is 11.3. The monoisotopic (exact) mass is 456 g/mol. The predicted molar refractivity (Wildman–Crippen MR) is 132 cm³/mol. The molecule has 1 aromatic heterocycles. The van der Waals surface area contributed by atoms with Crippen LogP contribution in [-0.2, 0) is 24.3 Å². The molecule has 4 aromatic rings. The third-order valence-corrected chi connectivity index (χ3v) is 5.58. The Morgan fingerprint density at radius 3 is 2.41 bits per heavy atom. The molecule has 174 valence electrons. The minimum Gasteiger partial charge on any atom is -0.497 e. The zero-order valence-electron chi connectivity index (χ0n) is 19.2. The minimum atomic E-state index is -0.0907. The maximum Gasteiger partial charge on any atom is 0.251 e. The Bertz CT molecular complexity index is 1250. The molecule has 2 N–H and O–H groups in total. The van der Waals surface area contributed by atoms with E-state index in [1.54, 1.807) is 19.2 Å². The summed E-state index contributed by atoms with van der Waals surface area (Å²) >= 11 is 0. The highest BCUT2D eigenvalue weighted by molar-refractivity contribution is 5.94. The highest BCUT2D eigenvalue weighted by Gasteiger charge is 2.14. The first-order chi connectivity index (χ1) is 16.6. The van der Waals surface area contributed by atoms with Gasteiger partial charge in [0.15, 0.2) is 0 Å². The van der Waals surface area contributed by atoms with Crippen LogP contribution in [0.3, 0.4) is 0 Å². The van der Waals surface area contributed by atoms with E-state index in [2.05, 4.69) is 10.6 Å². The fourth-order valence-corrected chi connectivity index (χ4v) is 3.78. The molecule has 0 spiro atoms. The summed E-state index contributed by atoms with van der Waals surface area (Å²) in [6, 6.07) is 24.6. The number of hydrogen-bond acceptors (Lipinski definition) is 4. The molecule has 0 unspecified atom stereocenters. The van der Waals surface area contributed by atoms with Gasteiger partial charge in [-0.2, -0.15) is 0 Å². The fourth-order valence-electron chi connectivity index (χ4n) is 3.78. The van der Waals surface area contributed by atoms with Crippen LogP contribution >= 0.6 is 0 Å². The van der Waals surface area contributed by atoms with E-state index < -0.39 is 0 Å². The highest BCUT2D eigenvalue weighted by atomic mass is 16.5. The number of hydrogen-bond donors (Lipinski definition) is 2. The molecule has 0 fully saturated rings. The number of amides is 2. The molecule has 1 heterocycles. The van der Waals surface area contributed by atoms with E-state index in [9.17, 15) is 9.59 Å². The Labute approximate surface area is 198 Å². The molecule has 2 amide bonds. The van der Waals surface area contributed by atoms with Crippen molar-refractivity contribution in [1.29, 1.82) is 0 Å². The van der Waals surface area contributed by atoms with Gasteiger partial charge in [0.2, 0.25) is 5.91 Å². The van der Waals surface area contributed by atoms with Crippen LogP contribution in [0.25, 0.3) is 11.0 Å². The van der Waals surface area contributed by atoms with Gasteiger partial charge in [0.1, 0.15) is 18.1 Å². The summed E-state index contributed by atoms with van der Waals surface area (Å²) in [6.45, 7) is 1.15. The molecule has 3 aromatic carbocycles. The number of carbonyl (C=O) groups excluding carboxylic acids is 2. The van der Waals surface area contributed by atoms with E-state index in [4.69, 9.17) is 9.72 Å². The minimum absolute atomic E-state index is 0.0856. The summed E-state index contributed by atoms with van der Waals surface area (Å²) in [5.41, 5.74) is 3.42. The molecule has 0 saturated heterocycles. The molecule has 0 radical (unpaired) electrons. The van der Waals surface area contributed by atoms with Crippen molar-refractivity contribution in [2.75, 3.05) is 13.7 Å². The number of rotatable bonds is 10. The normalized spacial score (nSPS) is 10.7. The van der Waals surface area contributed by atoms with Gasteiger partial charge in [-0.25, -0.2) is 4.98 Å². The zero-order valence-corrected chi connectivity index (χ0v) is 19.2. The number of carbonyl (C=O) groups is 2. The molecular formula is C27H28N4O3. The lowest BCUT2D eigenvalue weighted by molar-refractivity contribution is -0.121. The Morgan fingerprint density at radius 1 is 0.912 bits per heavy atom. The number of benzene rings is 3. The summed E-state index contributed by atoms with van der Waals surface area (Å²) in [7, 11) is 1.63. The van der Waals surface area contributed by atoms with E-state index in [1.807, 2.05) is 71.3 Å². The van der Waals surface area contributed by atoms with Gasteiger partial charge in [-0.05, 0) is 48.4 Å². The van der Waals surface area contributed by atoms with Gasteiger partial charge < -0.3 is 19.9 Å². The second-order valence-electron chi connectivity index (χ2n) is 7.95. The molecule has 0 bridgehead atoms. The molecule has 0 atom stereocenters. The van der Waals surface area contributed by atoms with E-state index in [0.29, 0.717) is 25.1 Å². The molecule has 7 nitrogen and oxygen atoms in total. The number of para-hydroxylation sites is 2. The number of ether oxygens (including phenoxy) is 1. The third kappa shape index (κ3) is 5.81. The second-order valence-corrected chi connectivity index (χ2v) is 7.95. The molecule has 7 heteroatoms. The number of fused-ring (bicyclic) bond motifs is 1. The Morgan fingerprint density at radius 2 is 1.65 bits per heavy atom. The molecule has 0 aliphatic rings. The van der Waals surface area contributed by atoms with Gasteiger partial charge in [-0.3, -0.25) is 9.59 Å². The van der Waals surface area contributed by atoms with Crippen LogP contribution in [0, 0.1) is 0 Å². The Hall–Kier alpha value is -4.13. The van der Waals surface area contributed by atoms with Crippen LogP contribution in [-0.4, -0.2) is 35.0 Å². The largest absolute Gasteiger partial charge is 0.497 e. The quantitative estimate of drug-likeness (QED) is 0.356. The summed E-state index contributed by atoms with van der Waals surface area (Å²) in [6.07, 6.45) is 1.37. The van der Waals surface area contributed by atoms with Crippen molar-refractivity contribution in [3.63, 3.8) is 0 Å².